The summed E-state index contributed by atoms with van der Waals surface area (Å²) in [6, 6.07) is 16.1. The molecule has 1 heterocycles. The molecule has 0 aromatic heterocycles. The van der Waals surface area contributed by atoms with Crippen LogP contribution in [0.3, 0.4) is 0 Å². The highest BCUT2D eigenvalue weighted by atomic mass is 32.2. The van der Waals surface area contributed by atoms with E-state index in [1.54, 1.807) is 31.2 Å². The van der Waals surface area contributed by atoms with Crippen LogP contribution in [0.15, 0.2) is 64.6 Å². The molecule has 1 fully saturated rings. The summed E-state index contributed by atoms with van der Waals surface area (Å²) in [5.74, 6) is -0.0300. The van der Waals surface area contributed by atoms with Crippen molar-refractivity contribution in [1.82, 2.24) is 9.73 Å². The van der Waals surface area contributed by atoms with Crippen molar-refractivity contribution >= 4 is 21.8 Å². The highest BCUT2D eigenvalue weighted by Crippen LogP contribution is 2.23. The van der Waals surface area contributed by atoms with Gasteiger partial charge >= 0.3 is 6.09 Å². The van der Waals surface area contributed by atoms with E-state index < -0.39 is 16.1 Å². The zero-order valence-corrected chi connectivity index (χ0v) is 16.4. The maximum Gasteiger partial charge on any atom is 0.407 e. The Morgan fingerprint density at radius 3 is 2.29 bits per heavy atom. The first-order valence-electron chi connectivity index (χ1n) is 9.07. The van der Waals surface area contributed by atoms with Gasteiger partial charge in [-0.05, 0) is 37.0 Å². The van der Waals surface area contributed by atoms with Crippen LogP contribution in [0.1, 0.15) is 24.0 Å². The Morgan fingerprint density at radius 1 is 1.07 bits per heavy atom. The molecular weight excluding hydrogens is 378 g/mol. The van der Waals surface area contributed by atoms with Gasteiger partial charge in [0.2, 0.25) is 0 Å². The highest BCUT2D eigenvalue weighted by molar-refractivity contribution is 7.89. The SMILES string of the molecule is Cc1ccccc1S(=O)(=O)NN=C(c1ccccc1)C1CCN(C(=O)O)CC1. The largest absolute Gasteiger partial charge is 0.465 e. The third-order valence-electron chi connectivity index (χ3n) is 4.89. The Bertz CT molecular complexity index is 966. The van der Waals surface area contributed by atoms with E-state index in [0.29, 0.717) is 37.2 Å². The molecule has 148 valence electrons. The Labute approximate surface area is 164 Å². The topological polar surface area (TPSA) is 99.1 Å². The van der Waals surface area contributed by atoms with Crippen molar-refractivity contribution < 1.29 is 18.3 Å². The average Bonchev–Trinajstić information content (AvgIpc) is 2.69. The third-order valence-corrected chi connectivity index (χ3v) is 6.26. The van der Waals surface area contributed by atoms with Crippen LogP contribution in [0.4, 0.5) is 4.79 Å². The second-order valence-electron chi connectivity index (χ2n) is 6.77. The molecule has 2 aromatic rings. The van der Waals surface area contributed by atoms with Crippen LogP contribution >= 0.6 is 0 Å². The minimum Gasteiger partial charge on any atom is -0.465 e. The van der Waals surface area contributed by atoms with Crippen LogP contribution in [-0.2, 0) is 10.0 Å². The van der Waals surface area contributed by atoms with Gasteiger partial charge in [0.25, 0.3) is 10.0 Å². The molecule has 0 saturated carbocycles. The van der Waals surface area contributed by atoms with Crippen molar-refractivity contribution in [3.05, 3.63) is 65.7 Å². The Balaban J connectivity index is 1.88. The van der Waals surface area contributed by atoms with Gasteiger partial charge in [0.05, 0.1) is 10.6 Å². The van der Waals surface area contributed by atoms with Crippen molar-refractivity contribution in [1.29, 1.82) is 0 Å². The van der Waals surface area contributed by atoms with Gasteiger partial charge < -0.3 is 10.0 Å². The van der Waals surface area contributed by atoms with Crippen LogP contribution in [-0.4, -0.2) is 43.3 Å². The van der Waals surface area contributed by atoms with E-state index >= 15 is 0 Å². The number of benzene rings is 2. The van der Waals surface area contributed by atoms with Gasteiger partial charge in [0.15, 0.2) is 0 Å². The summed E-state index contributed by atoms with van der Waals surface area (Å²) in [4.78, 5) is 15.1. The second-order valence-corrected chi connectivity index (χ2v) is 8.40. The van der Waals surface area contributed by atoms with Crippen LogP contribution in [0.5, 0.6) is 0 Å². The summed E-state index contributed by atoms with van der Waals surface area (Å²) in [6.45, 7) is 2.53. The molecule has 0 bridgehead atoms. The molecule has 8 heteroatoms. The number of nitrogens with zero attached hydrogens (tertiary/aromatic N) is 2. The molecular formula is C20H23N3O4S. The molecule has 1 aliphatic rings. The van der Waals surface area contributed by atoms with Crippen molar-refractivity contribution in [3.63, 3.8) is 0 Å². The molecule has 3 rings (SSSR count). The van der Waals surface area contributed by atoms with Gasteiger partial charge in [0.1, 0.15) is 0 Å². The molecule has 1 amide bonds. The van der Waals surface area contributed by atoms with E-state index in [2.05, 4.69) is 9.93 Å². The van der Waals surface area contributed by atoms with E-state index in [1.807, 2.05) is 30.3 Å². The number of rotatable bonds is 5. The Morgan fingerprint density at radius 2 is 1.68 bits per heavy atom. The summed E-state index contributed by atoms with van der Waals surface area (Å²) in [7, 11) is -3.80. The number of sulfonamides is 1. The maximum absolute atomic E-state index is 12.7. The number of hydrogen-bond donors (Lipinski definition) is 2. The van der Waals surface area contributed by atoms with E-state index in [-0.39, 0.29) is 10.8 Å². The molecule has 0 spiro atoms. The number of hydrogen-bond acceptors (Lipinski definition) is 4. The molecule has 2 aromatic carbocycles. The lowest BCUT2D eigenvalue weighted by atomic mass is 9.88. The lowest BCUT2D eigenvalue weighted by molar-refractivity contribution is 0.131. The minimum atomic E-state index is -3.80. The normalized spacial score (nSPS) is 16.0. The van der Waals surface area contributed by atoms with E-state index in [1.165, 1.54) is 4.90 Å². The van der Waals surface area contributed by atoms with Crippen LogP contribution in [0, 0.1) is 12.8 Å². The average molecular weight is 401 g/mol. The van der Waals surface area contributed by atoms with E-state index in [9.17, 15) is 13.2 Å². The molecule has 0 radical (unpaired) electrons. The van der Waals surface area contributed by atoms with Gasteiger partial charge in [-0.25, -0.2) is 4.79 Å². The van der Waals surface area contributed by atoms with Crippen molar-refractivity contribution in [2.45, 2.75) is 24.7 Å². The summed E-state index contributed by atoms with van der Waals surface area (Å²) < 4.78 is 25.4. The number of piperidine rings is 1. The summed E-state index contributed by atoms with van der Waals surface area (Å²) in [6.07, 6.45) is 0.245. The molecule has 0 unspecified atom stereocenters. The smallest absolute Gasteiger partial charge is 0.407 e. The number of amides is 1. The van der Waals surface area contributed by atoms with E-state index in [0.717, 1.165) is 5.56 Å². The fraction of sp³-hybridized carbons (Fsp3) is 0.300. The summed E-state index contributed by atoms with van der Waals surface area (Å²) in [5.41, 5.74) is 2.09. The second kappa shape index (κ2) is 8.43. The maximum atomic E-state index is 12.7. The quantitative estimate of drug-likeness (QED) is 0.594. The Kier molecular flexibility index (Phi) is 5.99. The zero-order valence-electron chi connectivity index (χ0n) is 15.6. The number of carbonyl (C=O) groups is 1. The van der Waals surface area contributed by atoms with Gasteiger partial charge in [-0.1, -0.05) is 48.5 Å². The number of hydrazone groups is 1. The van der Waals surface area contributed by atoms with Crippen molar-refractivity contribution in [2.75, 3.05) is 13.1 Å². The van der Waals surface area contributed by atoms with E-state index in [4.69, 9.17) is 5.11 Å². The monoisotopic (exact) mass is 401 g/mol. The molecule has 2 N–H and O–H groups in total. The molecule has 1 aliphatic heterocycles. The van der Waals surface area contributed by atoms with Crippen LogP contribution < -0.4 is 4.83 Å². The standard InChI is InChI=1S/C20H23N3O4S/c1-15-7-5-6-10-18(15)28(26,27)22-21-19(16-8-3-2-4-9-16)17-11-13-23(14-12-17)20(24)25/h2-10,17,22H,11-14H2,1H3,(H,24,25). The highest BCUT2D eigenvalue weighted by Gasteiger charge is 2.27. The number of carboxylic acid groups (broad SMARTS) is 1. The predicted molar refractivity (Wildman–Crippen MR) is 107 cm³/mol. The third kappa shape index (κ3) is 4.51. The van der Waals surface area contributed by atoms with Crippen molar-refractivity contribution in [2.24, 2.45) is 11.0 Å². The molecule has 0 aliphatic carbocycles. The number of nitrogens with one attached hydrogen (secondary N) is 1. The van der Waals surface area contributed by atoms with Gasteiger partial charge in [-0.15, -0.1) is 0 Å². The lowest BCUT2D eigenvalue weighted by Gasteiger charge is -2.30. The molecule has 1 saturated heterocycles. The summed E-state index contributed by atoms with van der Waals surface area (Å²) >= 11 is 0. The first-order valence-corrected chi connectivity index (χ1v) is 10.5. The fourth-order valence-corrected chi connectivity index (χ4v) is 4.43. The predicted octanol–water partition coefficient (Wildman–Crippen LogP) is 3.07. The van der Waals surface area contributed by atoms with Crippen molar-refractivity contribution in [3.8, 4) is 0 Å². The summed E-state index contributed by atoms with van der Waals surface area (Å²) in [5, 5.41) is 13.4. The van der Waals surface area contributed by atoms with Gasteiger partial charge in [-0.2, -0.15) is 18.4 Å². The van der Waals surface area contributed by atoms with Gasteiger partial charge in [-0.3, -0.25) is 0 Å². The fourth-order valence-electron chi connectivity index (χ4n) is 3.36. The number of likely N-dealkylation sites (tertiary alicyclic amines) is 1. The molecule has 28 heavy (non-hydrogen) atoms. The zero-order chi connectivity index (χ0) is 20.1. The van der Waals surface area contributed by atoms with Crippen LogP contribution in [0.25, 0.3) is 0 Å². The lowest BCUT2D eigenvalue weighted by Crippen LogP contribution is -2.40. The first kappa shape index (κ1) is 19.9. The van der Waals surface area contributed by atoms with Gasteiger partial charge in [0, 0.05) is 19.0 Å². The van der Waals surface area contributed by atoms with Crippen LogP contribution in [0.2, 0.25) is 0 Å². The first-order chi connectivity index (χ1) is 13.4. The number of aryl methyl sites for hydroxylation is 1. The molecule has 7 nitrogen and oxygen atoms in total. The Hall–Kier alpha value is -2.87. The molecule has 0 atom stereocenters. The minimum absolute atomic E-state index is 0.0300.